The Bertz CT molecular complexity index is 843. The summed E-state index contributed by atoms with van der Waals surface area (Å²) >= 11 is 6.15. The number of aromatic amines is 2. The molecule has 0 fully saturated rings. The maximum absolute atomic E-state index is 11.0. The number of aromatic nitrogens is 2. The molecule has 2 aromatic heterocycles. The number of ether oxygens (including phenoxy) is 1. The minimum atomic E-state index is -1.23. The summed E-state index contributed by atoms with van der Waals surface area (Å²) in [4.78, 5) is 47.7. The van der Waals surface area contributed by atoms with Crippen LogP contribution in [0.4, 0.5) is 0 Å². The van der Waals surface area contributed by atoms with E-state index in [-0.39, 0.29) is 11.1 Å². The van der Waals surface area contributed by atoms with Crippen molar-refractivity contribution in [2.75, 3.05) is 7.11 Å². The van der Waals surface area contributed by atoms with Crippen LogP contribution < -0.4 is 11.1 Å². The second-order valence-corrected chi connectivity index (χ2v) is 5.75. The number of methoxy groups -OCH3 is 1. The Hall–Kier alpha value is -2.20. The first-order chi connectivity index (χ1) is 10.8. The standard InChI is InChI=1S/C7H6BrNO3.C6H4BrNO3/c1-12-7(11)5-2-4(8)3-9-6(5)10;7-3-1-4(6(10)11)5(9)8-2-3/h2-3H,1H3,(H,9,10);1-2H,(H,8,9)(H,10,11). The minimum absolute atomic E-state index is 0.00752. The summed E-state index contributed by atoms with van der Waals surface area (Å²) in [5.41, 5.74) is -1.32. The highest BCUT2D eigenvalue weighted by molar-refractivity contribution is 9.10. The van der Waals surface area contributed by atoms with Gasteiger partial charge >= 0.3 is 11.9 Å². The van der Waals surface area contributed by atoms with Gasteiger partial charge in [0.15, 0.2) is 0 Å². The van der Waals surface area contributed by atoms with Gasteiger partial charge in [-0.2, -0.15) is 0 Å². The van der Waals surface area contributed by atoms with Crippen molar-refractivity contribution in [3.05, 3.63) is 65.3 Å². The third kappa shape index (κ3) is 5.49. The van der Waals surface area contributed by atoms with Crippen LogP contribution in [0.1, 0.15) is 20.7 Å². The molecule has 2 aromatic rings. The van der Waals surface area contributed by atoms with E-state index in [4.69, 9.17) is 5.11 Å². The van der Waals surface area contributed by atoms with Crippen LogP contribution in [-0.4, -0.2) is 34.1 Å². The van der Waals surface area contributed by atoms with E-state index in [1.165, 1.54) is 31.6 Å². The number of carbonyl (C=O) groups excluding carboxylic acids is 1. The number of hydrogen-bond donors (Lipinski definition) is 3. The van der Waals surface area contributed by atoms with Gasteiger partial charge in [-0.1, -0.05) is 0 Å². The fraction of sp³-hybridized carbons (Fsp3) is 0.0769. The van der Waals surface area contributed by atoms with Gasteiger partial charge in [0.1, 0.15) is 11.1 Å². The quantitative estimate of drug-likeness (QED) is 0.599. The largest absolute Gasteiger partial charge is 0.477 e. The zero-order valence-electron chi connectivity index (χ0n) is 11.6. The first kappa shape index (κ1) is 18.8. The molecular formula is C13H10Br2N2O6. The first-order valence-corrected chi connectivity index (χ1v) is 7.43. The van der Waals surface area contributed by atoms with Crippen molar-refractivity contribution in [3.63, 3.8) is 0 Å². The summed E-state index contributed by atoms with van der Waals surface area (Å²) in [5, 5.41) is 8.45. The number of nitrogens with one attached hydrogen (secondary N) is 2. The van der Waals surface area contributed by atoms with Crippen LogP contribution in [0.5, 0.6) is 0 Å². The normalized spacial score (nSPS) is 9.52. The van der Waals surface area contributed by atoms with Gasteiger partial charge in [-0.15, -0.1) is 0 Å². The lowest BCUT2D eigenvalue weighted by atomic mass is 10.3. The van der Waals surface area contributed by atoms with Crippen molar-refractivity contribution in [2.24, 2.45) is 0 Å². The third-order valence-corrected chi connectivity index (χ3v) is 3.29. The fourth-order valence-electron chi connectivity index (χ4n) is 1.34. The van der Waals surface area contributed by atoms with Crippen LogP contribution in [0.3, 0.4) is 0 Å². The summed E-state index contributed by atoms with van der Waals surface area (Å²) in [6, 6.07) is 2.66. The molecule has 0 aliphatic rings. The first-order valence-electron chi connectivity index (χ1n) is 5.84. The lowest BCUT2D eigenvalue weighted by Crippen LogP contribution is -2.17. The molecular weight excluding hydrogens is 440 g/mol. The molecule has 0 radical (unpaired) electrons. The molecule has 8 nitrogen and oxygen atoms in total. The van der Waals surface area contributed by atoms with Crippen LogP contribution in [0.25, 0.3) is 0 Å². The zero-order chi connectivity index (χ0) is 17.6. The van der Waals surface area contributed by atoms with Crippen LogP contribution in [-0.2, 0) is 4.74 Å². The highest BCUT2D eigenvalue weighted by Crippen LogP contribution is 2.07. The molecule has 10 heteroatoms. The molecule has 0 aliphatic carbocycles. The Morgan fingerprint density at radius 1 is 1.00 bits per heavy atom. The highest BCUT2D eigenvalue weighted by Gasteiger charge is 2.10. The number of rotatable bonds is 2. The number of aromatic carboxylic acids is 1. The smallest absolute Gasteiger partial charge is 0.343 e. The SMILES string of the molecule is COC(=O)c1cc(Br)c[nH]c1=O.O=C(O)c1cc(Br)c[nH]c1=O. The lowest BCUT2D eigenvalue weighted by Gasteiger charge is -1.97. The number of halogens is 2. The van der Waals surface area contributed by atoms with Gasteiger partial charge in [-0.25, -0.2) is 9.59 Å². The second-order valence-electron chi connectivity index (χ2n) is 3.92. The van der Waals surface area contributed by atoms with Crippen LogP contribution >= 0.6 is 31.9 Å². The topological polar surface area (TPSA) is 129 Å². The number of carboxylic acid groups (broad SMARTS) is 1. The average molecular weight is 450 g/mol. The van der Waals surface area contributed by atoms with E-state index >= 15 is 0 Å². The fourth-order valence-corrected chi connectivity index (χ4v) is 2.02. The Morgan fingerprint density at radius 2 is 1.43 bits per heavy atom. The van der Waals surface area contributed by atoms with Gasteiger partial charge < -0.3 is 19.8 Å². The van der Waals surface area contributed by atoms with Crippen molar-refractivity contribution in [1.29, 1.82) is 0 Å². The molecule has 122 valence electrons. The van der Waals surface area contributed by atoms with Gasteiger partial charge in [0.05, 0.1) is 7.11 Å². The van der Waals surface area contributed by atoms with E-state index in [0.717, 1.165) is 0 Å². The summed E-state index contributed by atoms with van der Waals surface area (Å²) in [6.45, 7) is 0. The molecule has 0 atom stereocenters. The van der Waals surface area contributed by atoms with Crippen LogP contribution in [0.2, 0.25) is 0 Å². The lowest BCUT2D eigenvalue weighted by molar-refractivity contribution is 0.0597. The molecule has 0 saturated carbocycles. The van der Waals surface area contributed by atoms with Gasteiger partial charge in [0.2, 0.25) is 0 Å². The zero-order valence-corrected chi connectivity index (χ0v) is 14.7. The third-order valence-electron chi connectivity index (χ3n) is 2.37. The summed E-state index contributed by atoms with van der Waals surface area (Å²) < 4.78 is 5.56. The van der Waals surface area contributed by atoms with Crippen LogP contribution in [0.15, 0.2) is 43.1 Å². The monoisotopic (exact) mass is 448 g/mol. The second kappa shape index (κ2) is 8.44. The molecule has 0 aromatic carbocycles. The number of pyridine rings is 2. The minimum Gasteiger partial charge on any atom is -0.477 e. The summed E-state index contributed by atoms with van der Waals surface area (Å²) in [5.74, 6) is -1.87. The van der Waals surface area contributed by atoms with E-state index in [1.807, 2.05) is 0 Å². The van der Waals surface area contributed by atoms with Crippen molar-refractivity contribution in [3.8, 4) is 0 Å². The maximum atomic E-state index is 11.0. The predicted octanol–water partition coefficient (Wildman–Crippen LogP) is 1.76. The molecule has 0 saturated heterocycles. The van der Waals surface area contributed by atoms with Crippen LogP contribution in [0, 0.1) is 0 Å². The molecule has 0 unspecified atom stereocenters. The van der Waals surface area contributed by atoms with Crippen molar-refractivity contribution >= 4 is 43.8 Å². The predicted molar refractivity (Wildman–Crippen MR) is 87.8 cm³/mol. The average Bonchev–Trinajstić information content (AvgIpc) is 2.51. The van der Waals surface area contributed by atoms with Gasteiger partial charge in [-0.3, -0.25) is 9.59 Å². The summed E-state index contributed by atoms with van der Waals surface area (Å²) in [6.07, 6.45) is 2.84. The number of esters is 1. The molecule has 0 amide bonds. The van der Waals surface area contributed by atoms with Crippen molar-refractivity contribution in [1.82, 2.24) is 9.97 Å². The Labute approximate surface area is 145 Å². The Morgan fingerprint density at radius 3 is 1.83 bits per heavy atom. The maximum Gasteiger partial charge on any atom is 0.343 e. The van der Waals surface area contributed by atoms with Gasteiger partial charge in [0.25, 0.3) is 11.1 Å². The molecule has 23 heavy (non-hydrogen) atoms. The molecule has 0 aliphatic heterocycles. The van der Waals surface area contributed by atoms with Gasteiger partial charge in [0, 0.05) is 21.3 Å². The van der Waals surface area contributed by atoms with E-state index in [2.05, 4.69) is 46.6 Å². The number of carbonyl (C=O) groups is 2. The Balaban J connectivity index is 0.000000231. The van der Waals surface area contributed by atoms with E-state index in [0.29, 0.717) is 8.95 Å². The van der Waals surface area contributed by atoms with E-state index < -0.39 is 23.1 Å². The number of hydrogen-bond acceptors (Lipinski definition) is 5. The molecule has 2 heterocycles. The van der Waals surface area contributed by atoms with Crippen molar-refractivity contribution < 1.29 is 19.4 Å². The summed E-state index contributed by atoms with van der Waals surface area (Å²) in [7, 11) is 1.22. The molecule has 3 N–H and O–H groups in total. The van der Waals surface area contributed by atoms with E-state index in [9.17, 15) is 19.2 Å². The molecule has 2 rings (SSSR count). The highest BCUT2D eigenvalue weighted by atomic mass is 79.9. The number of carboxylic acids is 1. The molecule has 0 bridgehead atoms. The van der Waals surface area contributed by atoms with Gasteiger partial charge in [-0.05, 0) is 44.0 Å². The Kier molecular flexibility index (Phi) is 6.91. The van der Waals surface area contributed by atoms with Crippen molar-refractivity contribution in [2.45, 2.75) is 0 Å². The van der Waals surface area contributed by atoms with E-state index in [1.54, 1.807) is 0 Å². The molecule has 0 spiro atoms. The number of H-pyrrole nitrogens is 2.